The molecule has 1 N–H and O–H groups in total. The summed E-state index contributed by atoms with van der Waals surface area (Å²) in [4.78, 5) is 3.81. The van der Waals surface area contributed by atoms with Crippen LogP contribution in [-0.4, -0.2) is 20.3 Å². The van der Waals surface area contributed by atoms with Gasteiger partial charge in [0.25, 0.3) is 0 Å². The normalized spacial score (nSPS) is 11.2. The van der Waals surface area contributed by atoms with Crippen LogP contribution in [0.2, 0.25) is 0 Å². The summed E-state index contributed by atoms with van der Waals surface area (Å²) in [6.45, 7) is 9.84. The molecule has 0 spiro atoms. The summed E-state index contributed by atoms with van der Waals surface area (Å²) in [5.74, 6) is 0. The molecule has 2 nitrogen and oxygen atoms in total. The topological polar surface area (TPSA) is 24.4 Å². The van der Waals surface area contributed by atoms with Crippen LogP contribution < -0.4 is 5.32 Å². The van der Waals surface area contributed by atoms with Crippen LogP contribution in [0.15, 0.2) is 28.9 Å². The van der Waals surface area contributed by atoms with E-state index in [1.165, 1.54) is 0 Å². The second kappa shape index (κ2) is 4.94. The van der Waals surface area contributed by atoms with Gasteiger partial charge in [0, 0.05) is 6.54 Å². The van der Waals surface area contributed by atoms with Gasteiger partial charge in [-0.15, -0.1) is 0 Å². The van der Waals surface area contributed by atoms with Crippen LogP contribution in [0.1, 0.15) is 6.92 Å². The Kier molecular flexibility index (Phi) is 4.50. The lowest BCUT2D eigenvalue weighted by molar-refractivity contribution is 0.871. The molecule has 0 saturated carbocycles. The van der Waals surface area contributed by atoms with Crippen molar-refractivity contribution in [2.24, 2.45) is 4.99 Å². The van der Waals surface area contributed by atoms with Crippen molar-refractivity contribution < 1.29 is 0 Å². The molecule has 0 amide bonds. The fourth-order valence-corrected chi connectivity index (χ4v) is 0.618. The van der Waals surface area contributed by atoms with E-state index in [2.05, 4.69) is 23.6 Å². The molecule has 2 heteroatoms. The van der Waals surface area contributed by atoms with Crippen molar-refractivity contribution in [3.8, 4) is 0 Å². The molecule has 0 aliphatic carbocycles. The number of hydrogen-bond acceptors (Lipinski definition) is 2. The van der Waals surface area contributed by atoms with Gasteiger partial charge in [-0.3, -0.25) is 4.99 Å². The maximum atomic E-state index is 3.81. The molecule has 0 unspecified atom stereocenters. The summed E-state index contributed by atoms with van der Waals surface area (Å²) in [5.41, 5.74) is 1.92. The second-order valence-electron chi connectivity index (χ2n) is 2.17. The van der Waals surface area contributed by atoms with Crippen LogP contribution in [0.25, 0.3) is 0 Å². The average Bonchev–Trinajstić information content (AvgIpc) is 1.86. The third-order valence-corrected chi connectivity index (χ3v) is 0.974. The lowest BCUT2D eigenvalue weighted by Gasteiger charge is -1.98. The first-order valence-electron chi connectivity index (χ1n) is 3.18. The number of likely N-dealkylation sites (N-methyl/N-ethyl adjacent to an activating group) is 1. The van der Waals surface area contributed by atoms with E-state index in [9.17, 15) is 0 Å². The van der Waals surface area contributed by atoms with Crippen LogP contribution in [-0.2, 0) is 0 Å². The van der Waals surface area contributed by atoms with Gasteiger partial charge in [0.1, 0.15) is 0 Å². The van der Waals surface area contributed by atoms with E-state index < -0.39 is 0 Å². The van der Waals surface area contributed by atoms with Crippen molar-refractivity contribution in [1.82, 2.24) is 5.32 Å². The quantitative estimate of drug-likeness (QED) is 0.460. The summed E-state index contributed by atoms with van der Waals surface area (Å²) in [6, 6.07) is 0. The zero-order valence-electron chi connectivity index (χ0n) is 6.65. The van der Waals surface area contributed by atoms with E-state index in [1.54, 1.807) is 0 Å². The van der Waals surface area contributed by atoms with E-state index in [-0.39, 0.29) is 0 Å². The number of allylic oxidation sites excluding steroid dienone is 2. The van der Waals surface area contributed by atoms with Gasteiger partial charge in [0.05, 0.1) is 5.70 Å². The van der Waals surface area contributed by atoms with Crippen molar-refractivity contribution in [1.29, 1.82) is 0 Å². The molecule has 56 valence electrons. The molecule has 0 radical (unpaired) electrons. The summed E-state index contributed by atoms with van der Waals surface area (Å²) >= 11 is 0. The Morgan fingerprint density at radius 1 is 1.70 bits per heavy atom. The molecule has 0 bridgehead atoms. The molecule has 0 rings (SSSR count). The van der Waals surface area contributed by atoms with Crippen molar-refractivity contribution in [2.45, 2.75) is 6.92 Å². The van der Waals surface area contributed by atoms with E-state index in [4.69, 9.17) is 0 Å². The van der Waals surface area contributed by atoms with Crippen molar-refractivity contribution >= 4 is 6.72 Å². The van der Waals surface area contributed by atoms with Crippen molar-refractivity contribution in [3.63, 3.8) is 0 Å². The zero-order valence-corrected chi connectivity index (χ0v) is 6.65. The molecule has 0 fully saturated rings. The number of aliphatic imine (C=N–C) groups is 1. The summed E-state index contributed by atoms with van der Waals surface area (Å²) in [5, 5.41) is 2.98. The summed E-state index contributed by atoms with van der Waals surface area (Å²) < 4.78 is 0. The Balaban J connectivity index is 4.03. The van der Waals surface area contributed by atoms with Crippen LogP contribution >= 0.6 is 0 Å². The van der Waals surface area contributed by atoms with Crippen LogP contribution in [0.3, 0.4) is 0 Å². The number of nitrogens with one attached hydrogen (secondary N) is 1. The first-order chi connectivity index (χ1) is 4.70. The maximum Gasteiger partial charge on any atom is 0.0536 e. The molecule has 0 aromatic rings. The Morgan fingerprint density at radius 2 is 2.30 bits per heavy atom. The van der Waals surface area contributed by atoms with E-state index >= 15 is 0 Å². The Morgan fingerprint density at radius 3 is 2.60 bits per heavy atom. The van der Waals surface area contributed by atoms with Crippen LogP contribution in [0, 0.1) is 0 Å². The summed E-state index contributed by atoms with van der Waals surface area (Å²) in [6.07, 6.45) is 1.91. The molecular formula is C8H14N2. The predicted octanol–water partition coefficient (Wildman–Crippen LogP) is 1.37. The van der Waals surface area contributed by atoms with Gasteiger partial charge in [-0.2, -0.15) is 0 Å². The first kappa shape index (κ1) is 9.11. The van der Waals surface area contributed by atoms with Gasteiger partial charge in [-0.25, -0.2) is 0 Å². The molecular weight excluding hydrogens is 124 g/mol. The Bertz CT molecular complexity index is 157. The lowest BCUT2D eigenvalue weighted by atomic mass is 10.3. The van der Waals surface area contributed by atoms with Crippen LogP contribution in [0.4, 0.5) is 0 Å². The highest BCUT2D eigenvalue weighted by molar-refractivity contribution is 5.31. The highest BCUT2D eigenvalue weighted by Crippen LogP contribution is 1.98. The van der Waals surface area contributed by atoms with Gasteiger partial charge < -0.3 is 5.32 Å². The molecule has 0 aromatic heterocycles. The van der Waals surface area contributed by atoms with Gasteiger partial charge in [0.2, 0.25) is 0 Å². The van der Waals surface area contributed by atoms with Gasteiger partial charge in [0.15, 0.2) is 0 Å². The van der Waals surface area contributed by atoms with Crippen molar-refractivity contribution in [3.05, 3.63) is 23.9 Å². The number of nitrogens with zero attached hydrogens (tertiary/aromatic N) is 1. The highest BCUT2D eigenvalue weighted by atomic mass is 14.9. The Hall–Kier alpha value is -0.890. The van der Waals surface area contributed by atoms with Crippen LogP contribution in [0.5, 0.6) is 0 Å². The first-order valence-corrected chi connectivity index (χ1v) is 3.18. The third-order valence-electron chi connectivity index (χ3n) is 0.974. The molecule has 0 heterocycles. The Labute approximate surface area is 62.4 Å². The van der Waals surface area contributed by atoms with E-state index in [1.807, 2.05) is 20.0 Å². The minimum atomic E-state index is 0.746. The molecule has 0 saturated heterocycles. The largest absolute Gasteiger partial charge is 0.314 e. The monoisotopic (exact) mass is 138 g/mol. The van der Waals surface area contributed by atoms with Gasteiger partial charge in [-0.05, 0) is 26.8 Å². The molecule has 0 aliphatic heterocycles. The van der Waals surface area contributed by atoms with E-state index in [0.29, 0.717) is 0 Å². The fraction of sp³-hybridized carbons (Fsp3) is 0.375. The minimum Gasteiger partial charge on any atom is -0.314 e. The third kappa shape index (κ3) is 4.04. The SMILES string of the molecule is C=N/C(=C\C(=C)C)CNC. The number of rotatable bonds is 4. The van der Waals surface area contributed by atoms with Gasteiger partial charge in [-0.1, -0.05) is 12.2 Å². The standard InChI is InChI=1S/C8H14N2/c1-7(2)5-8(10-4)6-9-3/h5,9H,1,4,6H2,2-3H3/b8-5-. The van der Waals surface area contributed by atoms with Crippen molar-refractivity contribution in [2.75, 3.05) is 13.6 Å². The lowest BCUT2D eigenvalue weighted by Crippen LogP contribution is -2.09. The van der Waals surface area contributed by atoms with E-state index in [0.717, 1.165) is 17.8 Å². The zero-order chi connectivity index (χ0) is 7.98. The molecule has 0 atom stereocenters. The number of hydrogen-bond donors (Lipinski definition) is 1. The second-order valence-corrected chi connectivity index (χ2v) is 2.17. The smallest absolute Gasteiger partial charge is 0.0536 e. The maximum absolute atomic E-state index is 3.81. The molecule has 0 aromatic carbocycles. The predicted molar refractivity (Wildman–Crippen MR) is 46.4 cm³/mol. The molecule has 0 aliphatic rings. The average molecular weight is 138 g/mol. The highest BCUT2D eigenvalue weighted by Gasteiger charge is 1.88. The fourth-order valence-electron chi connectivity index (χ4n) is 0.618. The molecule has 10 heavy (non-hydrogen) atoms. The summed E-state index contributed by atoms with van der Waals surface area (Å²) in [7, 11) is 1.87. The minimum absolute atomic E-state index is 0.746. The van der Waals surface area contributed by atoms with Gasteiger partial charge >= 0.3 is 0 Å².